The lowest BCUT2D eigenvalue weighted by Gasteiger charge is -2.28. The number of carbonyl (C=O) groups excluding carboxylic acids is 4. The lowest BCUT2D eigenvalue weighted by Crippen LogP contribution is -2.44. The molecule has 0 spiro atoms. The third-order valence-electron chi connectivity index (χ3n) is 6.33. The fourth-order valence-corrected chi connectivity index (χ4v) is 5.13. The van der Waals surface area contributed by atoms with Crippen molar-refractivity contribution >= 4 is 35.2 Å². The van der Waals surface area contributed by atoms with Gasteiger partial charge in [-0.25, -0.2) is 0 Å². The standard InChI is InChI=1S/C24H23ClN2O5/c25-18-9-5-4-8-17(18)23(30)27-26-19(28)13-32-24(31)21-16-11-10-15(12-16)20(21)22(29)14-6-2-1-3-7-14/h1-9,15-16,20-21H,10-13H2,(H,26,28)(H,27,30)/t15-,16-,20+,21+/m0/s1. The molecular weight excluding hydrogens is 432 g/mol. The first-order chi connectivity index (χ1) is 15.5. The predicted octanol–water partition coefficient (Wildman–Crippen LogP) is 3.19. The van der Waals surface area contributed by atoms with Crippen molar-refractivity contribution in [1.29, 1.82) is 0 Å². The SMILES string of the molecule is O=C(COC(=O)[C@@H]1[C@H]2CC[C@@H](C2)[C@H]1C(=O)c1ccccc1)NNC(=O)c1ccccc1Cl. The Labute approximate surface area is 190 Å². The third kappa shape index (κ3) is 4.53. The van der Waals surface area contributed by atoms with Crippen LogP contribution >= 0.6 is 11.6 Å². The van der Waals surface area contributed by atoms with Gasteiger partial charge in [-0.05, 0) is 43.2 Å². The van der Waals surface area contributed by atoms with Crippen LogP contribution in [-0.4, -0.2) is 30.2 Å². The van der Waals surface area contributed by atoms with Gasteiger partial charge in [-0.3, -0.25) is 30.0 Å². The van der Waals surface area contributed by atoms with Crippen LogP contribution < -0.4 is 10.9 Å². The van der Waals surface area contributed by atoms with Crippen LogP contribution in [0.15, 0.2) is 54.6 Å². The maximum Gasteiger partial charge on any atom is 0.310 e. The van der Waals surface area contributed by atoms with Crippen LogP contribution in [0.1, 0.15) is 40.0 Å². The van der Waals surface area contributed by atoms with E-state index >= 15 is 0 Å². The molecule has 32 heavy (non-hydrogen) atoms. The molecule has 2 aromatic carbocycles. The molecule has 0 aliphatic heterocycles. The van der Waals surface area contributed by atoms with Crippen molar-refractivity contribution in [3.63, 3.8) is 0 Å². The van der Waals surface area contributed by atoms with Crippen molar-refractivity contribution in [2.75, 3.05) is 6.61 Å². The molecule has 0 radical (unpaired) electrons. The van der Waals surface area contributed by atoms with Gasteiger partial charge >= 0.3 is 5.97 Å². The number of carbonyl (C=O) groups is 4. The number of hydrogen-bond acceptors (Lipinski definition) is 5. The quantitative estimate of drug-likeness (QED) is 0.396. The van der Waals surface area contributed by atoms with Gasteiger partial charge in [0.05, 0.1) is 16.5 Å². The molecular formula is C24H23ClN2O5. The van der Waals surface area contributed by atoms with Crippen LogP contribution in [0.25, 0.3) is 0 Å². The molecule has 0 saturated heterocycles. The molecule has 2 aromatic rings. The first-order valence-electron chi connectivity index (χ1n) is 10.6. The Kier molecular flexibility index (Phi) is 6.55. The second-order valence-electron chi connectivity index (χ2n) is 8.20. The zero-order chi connectivity index (χ0) is 22.7. The molecule has 4 atom stereocenters. The normalized spacial score (nSPS) is 23.4. The van der Waals surface area contributed by atoms with Gasteiger partial charge in [0.25, 0.3) is 11.8 Å². The van der Waals surface area contributed by atoms with Gasteiger partial charge in [0.15, 0.2) is 12.4 Å². The second kappa shape index (κ2) is 9.53. The number of hydrazine groups is 1. The van der Waals surface area contributed by atoms with Gasteiger partial charge in [-0.15, -0.1) is 0 Å². The van der Waals surface area contributed by atoms with E-state index in [1.807, 2.05) is 6.07 Å². The third-order valence-corrected chi connectivity index (χ3v) is 6.66. The van der Waals surface area contributed by atoms with E-state index in [2.05, 4.69) is 10.9 Å². The average molecular weight is 455 g/mol. The summed E-state index contributed by atoms with van der Waals surface area (Å²) in [5, 5.41) is 0.246. The minimum Gasteiger partial charge on any atom is -0.455 e. The lowest BCUT2D eigenvalue weighted by atomic mass is 9.75. The van der Waals surface area contributed by atoms with E-state index < -0.39 is 36.2 Å². The fraction of sp³-hybridized carbons (Fsp3) is 0.333. The van der Waals surface area contributed by atoms with E-state index in [0.29, 0.717) is 5.56 Å². The van der Waals surface area contributed by atoms with Crippen LogP contribution in [0, 0.1) is 23.7 Å². The number of ketones is 1. The number of halogens is 1. The predicted molar refractivity (Wildman–Crippen MR) is 117 cm³/mol. The van der Waals surface area contributed by atoms with Crippen molar-refractivity contribution in [2.45, 2.75) is 19.3 Å². The molecule has 7 nitrogen and oxygen atoms in total. The molecule has 8 heteroatoms. The van der Waals surface area contributed by atoms with Gasteiger partial charge < -0.3 is 4.74 Å². The van der Waals surface area contributed by atoms with E-state index in [-0.39, 0.29) is 28.2 Å². The number of esters is 1. The maximum absolute atomic E-state index is 13.1. The Morgan fingerprint density at radius 3 is 2.25 bits per heavy atom. The summed E-state index contributed by atoms with van der Waals surface area (Å²) in [5.41, 5.74) is 5.24. The largest absolute Gasteiger partial charge is 0.455 e. The van der Waals surface area contributed by atoms with Crippen molar-refractivity contribution < 1.29 is 23.9 Å². The molecule has 2 bridgehead atoms. The molecule has 2 aliphatic rings. The van der Waals surface area contributed by atoms with Gasteiger partial charge in [0, 0.05) is 11.5 Å². The summed E-state index contributed by atoms with van der Waals surface area (Å²) in [4.78, 5) is 50.1. The summed E-state index contributed by atoms with van der Waals surface area (Å²) < 4.78 is 5.24. The molecule has 0 aromatic heterocycles. The van der Waals surface area contributed by atoms with E-state index in [9.17, 15) is 19.2 Å². The average Bonchev–Trinajstić information content (AvgIpc) is 3.43. The number of rotatable bonds is 6. The van der Waals surface area contributed by atoms with Gasteiger partial charge in [-0.1, -0.05) is 54.1 Å². The Balaban J connectivity index is 1.33. The highest BCUT2D eigenvalue weighted by Gasteiger charge is 2.54. The van der Waals surface area contributed by atoms with Crippen LogP contribution in [0.5, 0.6) is 0 Å². The minimum atomic E-state index is -0.687. The summed E-state index contributed by atoms with van der Waals surface area (Å²) in [6.07, 6.45) is 2.62. The summed E-state index contributed by atoms with van der Waals surface area (Å²) in [6.45, 7) is -0.554. The summed E-state index contributed by atoms with van der Waals surface area (Å²) in [6, 6.07) is 15.4. The van der Waals surface area contributed by atoms with Crippen LogP contribution in [0.4, 0.5) is 0 Å². The van der Waals surface area contributed by atoms with Crippen LogP contribution in [-0.2, 0) is 14.3 Å². The Morgan fingerprint density at radius 2 is 1.53 bits per heavy atom. The smallest absolute Gasteiger partial charge is 0.310 e. The highest BCUT2D eigenvalue weighted by molar-refractivity contribution is 6.33. The number of ether oxygens (including phenoxy) is 1. The molecule has 2 N–H and O–H groups in total. The highest BCUT2D eigenvalue weighted by atomic mass is 35.5. The highest BCUT2D eigenvalue weighted by Crippen LogP contribution is 2.53. The first-order valence-corrected chi connectivity index (χ1v) is 10.9. The van der Waals surface area contributed by atoms with Crippen molar-refractivity contribution in [1.82, 2.24) is 10.9 Å². The monoisotopic (exact) mass is 454 g/mol. The Hall–Kier alpha value is -3.19. The fourth-order valence-electron chi connectivity index (χ4n) is 4.91. The zero-order valence-electron chi connectivity index (χ0n) is 17.3. The van der Waals surface area contributed by atoms with Gasteiger partial charge in [0.1, 0.15) is 0 Å². The number of benzene rings is 2. The molecule has 2 fully saturated rings. The van der Waals surface area contributed by atoms with E-state index in [1.54, 1.807) is 42.5 Å². The molecule has 4 rings (SSSR count). The molecule has 0 heterocycles. The molecule has 2 amide bonds. The Bertz CT molecular complexity index is 1040. The number of fused-ring (bicyclic) bond motifs is 2. The molecule has 166 valence electrons. The van der Waals surface area contributed by atoms with Gasteiger partial charge in [-0.2, -0.15) is 0 Å². The summed E-state index contributed by atoms with van der Waals surface area (Å²) in [7, 11) is 0. The second-order valence-corrected chi connectivity index (χ2v) is 8.61. The summed E-state index contributed by atoms with van der Waals surface area (Å²) >= 11 is 5.95. The molecule has 2 saturated carbocycles. The van der Waals surface area contributed by atoms with Crippen molar-refractivity contribution in [2.24, 2.45) is 23.7 Å². The first kappa shape index (κ1) is 22.0. The van der Waals surface area contributed by atoms with E-state index in [4.69, 9.17) is 16.3 Å². The van der Waals surface area contributed by atoms with E-state index in [1.165, 1.54) is 6.07 Å². The number of nitrogens with one attached hydrogen (secondary N) is 2. The molecule has 0 unspecified atom stereocenters. The summed E-state index contributed by atoms with van der Waals surface area (Å²) in [5.74, 6) is -2.58. The maximum atomic E-state index is 13.1. The lowest BCUT2D eigenvalue weighted by molar-refractivity contribution is -0.155. The number of hydrogen-bond donors (Lipinski definition) is 2. The van der Waals surface area contributed by atoms with Crippen LogP contribution in [0.3, 0.4) is 0 Å². The topological polar surface area (TPSA) is 102 Å². The van der Waals surface area contributed by atoms with Crippen molar-refractivity contribution in [3.05, 3.63) is 70.7 Å². The zero-order valence-corrected chi connectivity index (χ0v) is 18.0. The Morgan fingerprint density at radius 1 is 0.875 bits per heavy atom. The van der Waals surface area contributed by atoms with E-state index in [0.717, 1.165) is 19.3 Å². The minimum absolute atomic E-state index is 0.0452. The van der Waals surface area contributed by atoms with Crippen molar-refractivity contribution in [3.8, 4) is 0 Å². The molecule has 2 aliphatic carbocycles. The van der Waals surface area contributed by atoms with Gasteiger partial charge in [0.2, 0.25) is 0 Å². The van der Waals surface area contributed by atoms with Crippen LogP contribution in [0.2, 0.25) is 5.02 Å². The number of amides is 2. The number of Topliss-reactive ketones (excluding diaryl/α,β-unsaturated/α-hetero) is 1.